The van der Waals surface area contributed by atoms with Crippen LogP contribution in [0.25, 0.3) is 0 Å². The van der Waals surface area contributed by atoms with Gasteiger partial charge >= 0.3 is 0 Å². The van der Waals surface area contributed by atoms with Gasteiger partial charge in [-0.05, 0) is 24.8 Å². The number of aryl methyl sites for hydroxylation is 1. The first-order valence-electron chi connectivity index (χ1n) is 7.07. The van der Waals surface area contributed by atoms with Crippen molar-refractivity contribution in [3.63, 3.8) is 0 Å². The van der Waals surface area contributed by atoms with Crippen LogP contribution in [0, 0.1) is 5.92 Å². The number of halogens is 1. The summed E-state index contributed by atoms with van der Waals surface area (Å²) < 4.78 is 24.5. The topological polar surface area (TPSA) is 59.4 Å². The van der Waals surface area contributed by atoms with E-state index in [4.69, 9.17) is 10.7 Å². The van der Waals surface area contributed by atoms with Crippen molar-refractivity contribution in [2.45, 2.75) is 45.1 Å². The summed E-state index contributed by atoms with van der Waals surface area (Å²) in [5.41, 5.74) is 0.363. The van der Waals surface area contributed by atoms with Gasteiger partial charge in [0.25, 0.3) is 15.0 Å². The largest absolute Gasteiger partial charge is 0.342 e. The molecule has 120 valence electrons. The van der Waals surface area contributed by atoms with E-state index >= 15 is 0 Å². The van der Waals surface area contributed by atoms with Gasteiger partial charge in [-0.3, -0.25) is 4.79 Å². The molecule has 0 aromatic carbocycles. The summed E-state index contributed by atoms with van der Waals surface area (Å²) in [6, 6.07) is 1.35. The lowest BCUT2D eigenvalue weighted by molar-refractivity contribution is 0.0778. The Bertz CT molecular complexity index is 593. The molecule has 1 heterocycles. The summed E-state index contributed by atoms with van der Waals surface area (Å²) >= 11 is 0. The molecular formula is C14H23ClN2O3S. The Hall–Kier alpha value is -1.01. The Morgan fingerprint density at radius 1 is 1.43 bits per heavy atom. The fourth-order valence-corrected chi connectivity index (χ4v) is 2.73. The summed E-state index contributed by atoms with van der Waals surface area (Å²) in [7, 11) is 3.26. The van der Waals surface area contributed by atoms with E-state index in [2.05, 4.69) is 13.8 Å². The van der Waals surface area contributed by atoms with Gasteiger partial charge in [0, 0.05) is 37.0 Å². The van der Waals surface area contributed by atoms with Crippen molar-refractivity contribution in [3.05, 3.63) is 18.0 Å². The summed E-state index contributed by atoms with van der Waals surface area (Å²) in [5.74, 6) is 0.317. The molecule has 21 heavy (non-hydrogen) atoms. The molecule has 0 unspecified atom stereocenters. The fraction of sp³-hybridized carbons (Fsp3) is 0.643. The molecule has 0 saturated carbocycles. The van der Waals surface area contributed by atoms with Gasteiger partial charge < -0.3 is 9.47 Å². The highest BCUT2D eigenvalue weighted by Gasteiger charge is 2.22. The van der Waals surface area contributed by atoms with Crippen molar-refractivity contribution in [2.75, 3.05) is 13.6 Å². The monoisotopic (exact) mass is 334 g/mol. The minimum absolute atomic E-state index is 0.0294. The number of amides is 1. The highest BCUT2D eigenvalue weighted by Crippen LogP contribution is 2.20. The summed E-state index contributed by atoms with van der Waals surface area (Å²) in [5, 5.41) is 0. The molecule has 1 rings (SSSR count). The maximum Gasteiger partial charge on any atom is 0.270 e. The van der Waals surface area contributed by atoms with Gasteiger partial charge in [0.1, 0.15) is 10.6 Å². The van der Waals surface area contributed by atoms with Gasteiger partial charge in [0.05, 0.1) is 0 Å². The standard InChI is InChI=1S/C14H23ClN2O3S/c1-5-7-17-10-12(21(15,19)20)9-13(17)14(18)16(4)8-6-11(2)3/h9-11H,5-8H2,1-4H3. The van der Waals surface area contributed by atoms with Crippen LogP contribution < -0.4 is 0 Å². The van der Waals surface area contributed by atoms with Crippen LogP contribution in [-0.2, 0) is 15.6 Å². The zero-order valence-electron chi connectivity index (χ0n) is 13.0. The van der Waals surface area contributed by atoms with E-state index in [0.29, 0.717) is 24.7 Å². The third-order valence-electron chi connectivity index (χ3n) is 3.23. The van der Waals surface area contributed by atoms with Crippen LogP contribution in [0.15, 0.2) is 17.2 Å². The first-order chi connectivity index (χ1) is 9.66. The third kappa shape index (κ3) is 5.04. The summed E-state index contributed by atoms with van der Waals surface area (Å²) in [6.07, 6.45) is 3.12. The number of carbonyl (C=O) groups is 1. The van der Waals surface area contributed by atoms with E-state index in [-0.39, 0.29) is 10.8 Å². The highest BCUT2D eigenvalue weighted by molar-refractivity contribution is 8.13. The van der Waals surface area contributed by atoms with Crippen molar-refractivity contribution < 1.29 is 13.2 Å². The SMILES string of the molecule is CCCn1cc(S(=O)(=O)Cl)cc1C(=O)N(C)CCC(C)C. The molecular weight excluding hydrogens is 312 g/mol. The van der Waals surface area contributed by atoms with Crippen LogP contribution in [0.2, 0.25) is 0 Å². The molecule has 0 fully saturated rings. The number of carbonyl (C=O) groups excluding carboxylic acids is 1. The molecule has 0 atom stereocenters. The highest BCUT2D eigenvalue weighted by atomic mass is 35.7. The van der Waals surface area contributed by atoms with E-state index in [1.807, 2.05) is 6.92 Å². The molecule has 0 saturated heterocycles. The first-order valence-corrected chi connectivity index (χ1v) is 9.38. The van der Waals surface area contributed by atoms with Gasteiger partial charge in [-0.1, -0.05) is 20.8 Å². The smallest absolute Gasteiger partial charge is 0.270 e. The second-order valence-electron chi connectivity index (χ2n) is 5.60. The van der Waals surface area contributed by atoms with Crippen molar-refractivity contribution in [2.24, 2.45) is 5.92 Å². The van der Waals surface area contributed by atoms with Crippen LogP contribution in [0.1, 0.15) is 44.1 Å². The normalized spacial score (nSPS) is 11.9. The van der Waals surface area contributed by atoms with Crippen LogP contribution in [0.4, 0.5) is 0 Å². The first kappa shape index (κ1) is 18.0. The number of nitrogens with zero attached hydrogens (tertiary/aromatic N) is 2. The molecule has 0 aliphatic rings. The molecule has 0 aliphatic carbocycles. The maximum atomic E-state index is 12.5. The number of hydrogen-bond donors (Lipinski definition) is 0. The average Bonchev–Trinajstić information content (AvgIpc) is 2.79. The molecule has 0 radical (unpaired) electrons. The lowest BCUT2D eigenvalue weighted by atomic mass is 10.1. The van der Waals surface area contributed by atoms with Crippen LogP contribution in [0.5, 0.6) is 0 Å². The van der Waals surface area contributed by atoms with Crippen LogP contribution >= 0.6 is 10.7 Å². The molecule has 1 aromatic heterocycles. The Balaban J connectivity index is 3.04. The van der Waals surface area contributed by atoms with E-state index in [9.17, 15) is 13.2 Å². The lowest BCUT2D eigenvalue weighted by Crippen LogP contribution is -2.30. The summed E-state index contributed by atoms with van der Waals surface area (Å²) in [4.78, 5) is 14.0. The Labute approximate surface area is 131 Å². The number of aromatic nitrogens is 1. The Morgan fingerprint density at radius 3 is 2.52 bits per heavy atom. The van der Waals surface area contributed by atoms with Gasteiger partial charge in [-0.2, -0.15) is 0 Å². The Kier molecular flexibility index (Phi) is 6.28. The van der Waals surface area contributed by atoms with Gasteiger partial charge in [0.2, 0.25) is 0 Å². The molecule has 0 spiro atoms. The average molecular weight is 335 g/mol. The molecule has 0 bridgehead atoms. The van der Waals surface area contributed by atoms with Crippen molar-refractivity contribution in [1.29, 1.82) is 0 Å². The van der Waals surface area contributed by atoms with E-state index in [1.54, 1.807) is 16.5 Å². The minimum atomic E-state index is -3.83. The van der Waals surface area contributed by atoms with Crippen LogP contribution in [-0.4, -0.2) is 37.4 Å². The number of hydrogen-bond acceptors (Lipinski definition) is 3. The van der Waals surface area contributed by atoms with Crippen molar-refractivity contribution in [1.82, 2.24) is 9.47 Å². The zero-order chi connectivity index (χ0) is 16.2. The third-order valence-corrected chi connectivity index (χ3v) is 4.55. The van der Waals surface area contributed by atoms with E-state index < -0.39 is 9.05 Å². The molecule has 5 nitrogen and oxygen atoms in total. The fourth-order valence-electron chi connectivity index (χ4n) is 1.97. The molecule has 1 aromatic rings. The molecule has 0 aliphatic heterocycles. The van der Waals surface area contributed by atoms with Gasteiger partial charge in [-0.15, -0.1) is 0 Å². The van der Waals surface area contributed by atoms with Crippen molar-refractivity contribution in [3.8, 4) is 0 Å². The second-order valence-corrected chi connectivity index (χ2v) is 8.17. The van der Waals surface area contributed by atoms with E-state index in [1.165, 1.54) is 12.3 Å². The predicted molar refractivity (Wildman–Crippen MR) is 84.2 cm³/mol. The lowest BCUT2D eigenvalue weighted by Gasteiger charge is -2.19. The van der Waals surface area contributed by atoms with E-state index in [0.717, 1.165) is 12.8 Å². The van der Waals surface area contributed by atoms with Gasteiger partial charge in [-0.25, -0.2) is 8.42 Å². The predicted octanol–water partition coefficient (Wildman–Crippen LogP) is 2.94. The van der Waals surface area contributed by atoms with Gasteiger partial charge in [0.15, 0.2) is 0 Å². The quantitative estimate of drug-likeness (QED) is 0.720. The molecule has 7 heteroatoms. The molecule has 1 amide bonds. The van der Waals surface area contributed by atoms with Crippen LogP contribution in [0.3, 0.4) is 0 Å². The second kappa shape index (κ2) is 7.31. The zero-order valence-corrected chi connectivity index (χ0v) is 14.5. The Morgan fingerprint density at radius 2 is 2.05 bits per heavy atom. The van der Waals surface area contributed by atoms with Crippen molar-refractivity contribution >= 4 is 25.6 Å². The minimum Gasteiger partial charge on any atom is -0.342 e. The molecule has 0 N–H and O–H groups in total. The number of rotatable bonds is 7. The summed E-state index contributed by atoms with van der Waals surface area (Å²) in [6.45, 7) is 7.36. The maximum absolute atomic E-state index is 12.5.